The molecule has 3 heterocycles. The molecule has 1 aliphatic rings. The molecule has 1 aliphatic heterocycles. The lowest BCUT2D eigenvalue weighted by Gasteiger charge is -2.31. The minimum Gasteiger partial charge on any atom is -0.465 e. The minimum atomic E-state index is -3.78. The molecular weight excluding hydrogens is 573 g/mol. The molecule has 1 fully saturated rings. The lowest BCUT2D eigenvalue weighted by molar-refractivity contribution is 0.0900. The molecule has 0 spiro atoms. The van der Waals surface area contributed by atoms with E-state index in [-0.39, 0.29) is 23.2 Å². The Hall–Kier alpha value is -3.73. The van der Waals surface area contributed by atoms with Gasteiger partial charge in [-0.15, -0.1) is 6.58 Å². The topological polar surface area (TPSA) is 150 Å². The predicted molar refractivity (Wildman–Crippen MR) is 165 cm³/mol. The molecule has 1 saturated heterocycles. The highest BCUT2D eigenvalue weighted by Gasteiger charge is 2.27. The zero-order chi connectivity index (χ0) is 30.7. The van der Waals surface area contributed by atoms with Crippen molar-refractivity contribution in [2.75, 3.05) is 31.3 Å². The Kier molecular flexibility index (Phi) is 9.39. The highest BCUT2D eigenvalue weighted by atomic mass is 32.2. The number of allylic oxidation sites excluding steroid dienone is 1. The summed E-state index contributed by atoms with van der Waals surface area (Å²) < 4.78 is 33.8. The molecule has 11 nitrogen and oxygen atoms in total. The Labute approximate surface area is 247 Å². The quantitative estimate of drug-likeness (QED) is 0.174. The van der Waals surface area contributed by atoms with Crippen molar-refractivity contribution >= 4 is 40.9 Å². The van der Waals surface area contributed by atoms with Crippen LogP contribution in [0.3, 0.4) is 0 Å². The van der Waals surface area contributed by atoms with Crippen molar-refractivity contribution < 1.29 is 23.1 Å². The molecule has 2 N–H and O–H groups in total. The summed E-state index contributed by atoms with van der Waals surface area (Å²) in [7, 11) is -5.13. The van der Waals surface area contributed by atoms with Crippen LogP contribution in [0.5, 0.6) is 0 Å². The fourth-order valence-corrected chi connectivity index (χ4v) is 6.97. The summed E-state index contributed by atoms with van der Waals surface area (Å²) in [6, 6.07) is 6.10. The highest BCUT2D eigenvalue weighted by Crippen LogP contribution is 2.37. The average Bonchev–Trinajstić information content (AvgIpc) is 3.28. The molecule has 0 unspecified atom stereocenters. The van der Waals surface area contributed by atoms with Crippen molar-refractivity contribution in [1.29, 1.82) is 5.26 Å². The van der Waals surface area contributed by atoms with Gasteiger partial charge >= 0.3 is 6.09 Å². The minimum absolute atomic E-state index is 0.0452. The Morgan fingerprint density at radius 1 is 1.36 bits per heavy atom. The lowest BCUT2D eigenvalue weighted by atomic mass is 10.0. The summed E-state index contributed by atoms with van der Waals surface area (Å²) in [6.45, 7) is 12.1. The van der Waals surface area contributed by atoms with E-state index in [9.17, 15) is 23.6 Å². The van der Waals surface area contributed by atoms with Crippen LogP contribution in [0.2, 0.25) is 25.7 Å². The molecule has 224 valence electrons. The van der Waals surface area contributed by atoms with Gasteiger partial charge in [-0.05, 0) is 31.4 Å². The smallest absolute Gasteiger partial charge is 0.407 e. The van der Waals surface area contributed by atoms with Crippen LogP contribution in [-0.2, 0) is 27.7 Å². The molecule has 4 rings (SSSR count). The van der Waals surface area contributed by atoms with E-state index in [1.54, 1.807) is 22.9 Å². The van der Waals surface area contributed by atoms with Gasteiger partial charge < -0.3 is 24.6 Å². The number of hydrogen-bond acceptors (Lipinski definition) is 8. The Morgan fingerprint density at radius 3 is 2.76 bits per heavy atom. The van der Waals surface area contributed by atoms with Crippen LogP contribution in [-0.4, -0.2) is 79.1 Å². The third kappa shape index (κ3) is 7.18. The van der Waals surface area contributed by atoms with Crippen LogP contribution in [0.1, 0.15) is 24.0 Å². The van der Waals surface area contributed by atoms with E-state index in [0.717, 1.165) is 30.7 Å². The number of amides is 1. The van der Waals surface area contributed by atoms with Gasteiger partial charge in [0.2, 0.25) is 5.95 Å². The van der Waals surface area contributed by atoms with Crippen molar-refractivity contribution in [2.45, 2.75) is 62.6 Å². The van der Waals surface area contributed by atoms with Gasteiger partial charge in [-0.1, -0.05) is 31.8 Å². The number of likely N-dealkylation sites (tertiary alicyclic amines) is 1. The van der Waals surface area contributed by atoms with Crippen LogP contribution in [0.4, 0.5) is 10.7 Å². The number of piperidine rings is 1. The van der Waals surface area contributed by atoms with Gasteiger partial charge in [-0.3, -0.25) is 0 Å². The van der Waals surface area contributed by atoms with Gasteiger partial charge in [-0.25, -0.2) is 23.2 Å². The first-order valence-electron chi connectivity index (χ1n) is 13.9. The highest BCUT2D eigenvalue weighted by molar-refractivity contribution is 7.91. The van der Waals surface area contributed by atoms with Crippen molar-refractivity contribution in [1.82, 2.24) is 19.4 Å². The molecular formula is C29H38N6O5SSi. The van der Waals surface area contributed by atoms with Crippen molar-refractivity contribution in [2.24, 2.45) is 0 Å². The molecule has 13 heteroatoms. The average molecular weight is 611 g/mol. The summed E-state index contributed by atoms with van der Waals surface area (Å²) in [4.78, 5) is 22.2. The first kappa shape index (κ1) is 31.2. The van der Waals surface area contributed by atoms with E-state index >= 15 is 0 Å². The van der Waals surface area contributed by atoms with Gasteiger partial charge in [0.15, 0.2) is 9.84 Å². The number of anilines is 1. The largest absolute Gasteiger partial charge is 0.465 e. The van der Waals surface area contributed by atoms with E-state index in [1.807, 2.05) is 12.3 Å². The van der Waals surface area contributed by atoms with Crippen molar-refractivity contribution in [3.8, 4) is 17.3 Å². The maximum atomic E-state index is 13.0. The maximum absolute atomic E-state index is 13.0. The van der Waals surface area contributed by atoms with Gasteiger partial charge in [0.25, 0.3) is 0 Å². The van der Waals surface area contributed by atoms with Gasteiger partial charge in [-0.2, -0.15) is 5.26 Å². The standard InChI is InChI=1S/C29H38N6O5SSi/c1-6-8-21-16-31-28(32-22-9-7-12-34(17-22)29(36)37)33-25(21)24-18-35(19-40-13-14-42(3,4)5)26-23(24)11-10-20(15-30)27(26)41(2,38)39/h6,10-11,16,18,22H,1,7-9,12-14,17,19H2,2-5H3,(H,36,37)(H,31,32,33)/t22-/m0/s1. The summed E-state index contributed by atoms with van der Waals surface area (Å²) >= 11 is 0. The third-order valence-corrected chi connectivity index (χ3v) is 10.1. The van der Waals surface area contributed by atoms with Crippen molar-refractivity contribution in [3.05, 3.63) is 48.3 Å². The molecule has 3 aromatic rings. The molecule has 0 bridgehead atoms. The third-order valence-electron chi connectivity index (χ3n) is 7.22. The number of carboxylic acid groups (broad SMARTS) is 1. The number of aromatic nitrogens is 3. The zero-order valence-electron chi connectivity index (χ0n) is 24.6. The van der Waals surface area contributed by atoms with Crippen LogP contribution in [0.25, 0.3) is 22.2 Å². The first-order valence-corrected chi connectivity index (χ1v) is 19.5. The second-order valence-electron chi connectivity index (χ2n) is 11.9. The van der Waals surface area contributed by atoms with Gasteiger partial charge in [0.1, 0.15) is 17.7 Å². The second-order valence-corrected chi connectivity index (χ2v) is 19.4. The predicted octanol–water partition coefficient (Wildman–Crippen LogP) is 4.97. The van der Waals surface area contributed by atoms with Crippen LogP contribution in [0, 0.1) is 11.3 Å². The van der Waals surface area contributed by atoms with E-state index in [1.165, 1.54) is 11.0 Å². The molecule has 1 atom stereocenters. The van der Waals surface area contributed by atoms with Crippen LogP contribution in [0.15, 0.2) is 42.1 Å². The SMILES string of the molecule is C=CCc1cnc(N[C@H]2CCCN(C(=O)O)C2)nc1-c1cn(COCC[Si](C)(C)C)c2c(S(C)(=O)=O)c(C#N)ccc12. The number of hydrogen-bond donors (Lipinski definition) is 2. The lowest BCUT2D eigenvalue weighted by Crippen LogP contribution is -2.44. The molecule has 0 aliphatic carbocycles. The van der Waals surface area contributed by atoms with Crippen LogP contribution < -0.4 is 5.32 Å². The summed E-state index contributed by atoms with van der Waals surface area (Å²) in [5, 5.41) is 23.1. The molecule has 42 heavy (non-hydrogen) atoms. The van der Waals surface area contributed by atoms with Gasteiger partial charge in [0.05, 0.1) is 16.8 Å². The second kappa shape index (κ2) is 12.6. The fraction of sp³-hybridized carbons (Fsp3) is 0.448. The number of rotatable bonds is 11. The van der Waals surface area contributed by atoms with Gasteiger partial charge in [0, 0.05) is 69.0 Å². The Morgan fingerprint density at radius 2 is 2.12 bits per heavy atom. The van der Waals surface area contributed by atoms with E-state index in [2.05, 4.69) is 36.5 Å². The van der Waals surface area contributed by atoms with E-state index in [4.69, 9.17) is 9.72 Å². The molecule has 0 saturated carbocycles. The molecule has 0 radical (unpaired) electrons. The number of ether oxygens (including phenoxy) is 1. The molecule has 2 aromatic heterocycles. The first-order chi connectivity index (χ1) is 19.8. The molecule has 1 amide bonds. The normalized spacial score (nSPS) is 15.9. The summed E-state index contributed by atoms with van der Waals surface area (Å²) in [5.74, 6) is 0.347. The summed E-state index contributed by atoms with van der Waals surface area (Å²) in [5.41, 5.74) is 2.51. The number of benzene rings is 1. The van der Waals surface area contributed by atoms with E-state index < -0.39 is 24.0 Å². The number of fused-ring (bicyclic) bond motifs is 1. The number of nitriles is 1. The van der Waals surface area contributed by atoms with Crippen LogP contribution >= 0.6 is 0 Å². The monoisotopic (exact) mass is 610 g/mol. The Bertz CT molecular complexity index is 1640. The van der Waals surface area contributed by atoms with Crippen molar-refractivity contribution in [3.63, 3.8) is 0 Å². The fourth-order valence-electron chi connectivity index (χ4n) is 5.12. The molecule has 1 aromatic carbocycles. The number of nitrogens with zero attached hydrogens (tertiary/aromatic N) is 5. The Balaban J connectivity index is 1.83. The maximum Gasteiger partial charge on any atom is 0.407 e. The summed E-state index contributed by atoms with van der Waals surface area (Å²) in [6.07, 6.45) is 7.40. The van der Waals surface area contributed by atoms with E-state index in [0.29, 0.717) is 54.2 Å². The number of sulfone groups is 1. The number of carbonyl (C=O) groups is 1. The zero-order valence-corrected chi connectivity index (χ0v) is 26.4. The number of nitrogens with one attached hydrogen (secondary N) is 1.